The number of methoxy groups -OCH3 is 1. The summed E-state index contributed by atoms with van der Waals surface area (Å²) < 4.78 is 67.5. The van der Waals surface area contributed by atoms with Crippen molar-refractivity contribution in [3.8, 4) is 0 Å². The fraction of sp³-hybridized carbons (Fsp3) is 0.323. The Kier molecular flexibility index (Phi) is 21.2. The highest BCUT2D eigenvalue weighted by Gasteiger charge is 2.50. The fourth-order valence-electron chi connectivity index (χ4n) is 9.80. The first kappa shape index (κ1) is 56.8. The maximum absolute atomic E-state index is 11.9. The standard InChI is InChI=1S/C65H69N3O11S/c1-70-64-62(76-42-51-30-16-6-17-31-51)60(74-40-49-26-12-4-13-27-49)58(69)56(78-64)45-72-43-53-33-21-20-32-52(53)36-68-37-54(66-67-68)44-77-63-61(75-41-50-28-14-5-15-29-50)59(73-39-48-24-10-3-11-25-48)57(46-71-38-47-22-8-2-9-23-47)79-65(63)80-55-34-18-7-19-35-55/h2-35,37,56-65,69H,36,38-46H2,1H3/t56-,57-,58-,59-,60+,61+,62-,63-,64+,65+/m1/s1. The minimum absolute atomic E-state index is 0.0703. The molecule has 14 nitrogen and oxygen atoms in total. The number of ether oxygens (including phenoxy) is 10. The summed E-state index contributed by atoms with van der Waals surface area (Å²) in [5.41, 5.74) is 7.09. The van der Waals surface area contributed by atoms with Crippen molar-refractivity contribution in [2.24, 2.45) is 0 Å². The normalized spacial score (nSPS) is 23.0. The monoisotopic (exact) mass is 1100 g/mol. The predicted molar refractivity (Wildman–Crippen MR) is 303 cm³/mol. The van der Waals surface area contributed by atoms with Gasteiger partial charge in [-0.3, -0.25) is 0 Å². The molecule has 15 heteroatoms. The maximum Gasteiger partial charge on any atom is 0.186 e. The van der Waals surface area contributed by atoms with Crippen LogP contribution in [0.5, 0.6) is 0 Å². The molecular formula is C65H69N3O11S. The van der Waals surface area contributed by atoms with E-state index in [1.807, 2.05) is 176 Å². The van der Waals surface area contributed by atoms with E-state index in [2.05, 4.69) is 46.7 Å². The zero-order chi connectivity index (χ0) is 54.6. The quantitative estimate of drug-likeness (QED) is 0.0497. The summed E-state index contributed by atoms with van der Waals surface area (Å²) in [6.07, 6.45) is -4.57. The van der Waals surface area contributed by atoms with Gasteiger partial charge in [0, 0.05) is 12.0 Å². The van der Waals surface area contributed by atoms with E-state index in [0.717, 1.165) is 43.8 Å². The van der Waals surface area contributed by atoms with Crippen LogP contribution in [0.15, 0.2) is 217 Å². The van der Waals surface area contributed by atoms with Crippen molar-refractivity contribution in [3.05, 3.63) is 257 Å². The molecule has 0 bridgehead atoms. The van der Waals surface area contributed by atoms with Crippen LogP contribution in [-0.4, -0.2) is 101 Å². The summed E-state index contributed by atoms with van der Waals surface area (Å²) in [7, 11) is 1.56. The molecule has 0 aliphatic carbocycles. The lowest BCUT2D eigenvalue weighted by atomic mass is 9.98. The second-order valence-electron chi connectivity index (χ2n) is 19.8. The Bertz CT molecular complexity index is 3010. The van der Waals surface area contributed by atoms with E-state index in [1.165, 1.54) is 0 Å². The van der Waals surface area contributed by atoms with Gasteiger partial charge in [0.15, 0.2) is 6.29 Å². The summed E-state index contributed by atoms with van der Waals surface area (Å²) in [4.78, 5) is 1.02. The number of thioether (sulfide) groups is 1. The van der Waals surface area contributed by atoms with Crippen molar-refractivity contribution < 1.29 is 52.5 Å². The number of hydrogen-bond acceptors (Lipinski definition) is 14. The topological polar surface area (TPSA) is 143 Å². The third-order valence-electron chi connectivity index (χ3n) is 14.0. The number of aliphatic hydroxyl groups is 1. The minimum Gasteiger partial charge on any atom is -0.387 e. The van der Waals surface area contributed by atoms with Gasteiger partial charge >= 0.3 is 0 Å². The van der Waals surface area contributed by atoms with E-state index in [4.69, 9.17) is 47.4 Å². The molecule has 0 radical (unpaired) electrons. The lowest BCUT2D eigenvalue weighted by molar-refractivity contribution is -0.315. The van der Waals surface area contributed by atoms with Gasteiger partial charge in [-0.05, 0) is 51.1 Å². The summed E-state index contributed by atoms with van der Waals surface area (Å²) in [5, 5.41) is 21.0. The molecule has 2 saturated heterocycles. The molecule has 2 aliphatic rings. The second kappa shape index (κ2) is 29.9. The first-order chi connectivity index (χ1) is 39.5. The number of hydrogen-bond donors (Lipinski definition) is 1. The van der Waals surface area contributed by atoms with Crippen LogP contribution in [-0.2, 0) is 100 Å². The van der Waals surface area contributed by atoms with Crippen LogP contribution >= 0.6 is 11.8 Å². The van der Waals surface area contributed by atoms with Crippen molar-refractivity contribution in [1.82, 2.24) is 15.0 Å². The molecule has 8 aromatic rings. The molecule has 10 atom stereocenters. The molecule has 0 saturated carbocycles. The lowest BCUT2D eigenvalue weighted by Crippen LogP contribution is -2.60. The maximum atomic E-state index is 11.9. The molecule has 2 aliphatic heterocycles. The highest BCUT2D eigenvalue weighted by atomic mass is 32.2. The van der Waals surface area contributed by atoms with Gasteiger partial charge in [0.05, 0.1) is 72.2 Å². The van der Waals surface area contributed by atoms with Crippen molar-refractivity contribution in [3.63, 3.8) is 0 Å². The molecule has 1 aromatic heterocycles. The molecule has 0 unspecified atom stereocenters. The molecular weight excluding hydrogens is 1030 g/mol. The van der Waals surface area contributed by atoms with Crippen LogP contribution in [0, 0.1) is 0 Å². The predicted octanol–water partition coefficient (Wildman–Crippen LogP) is 10.5. The molecule has 2 fully saturated rings. The van der Waals surface area contributed by atoms with Crippen LogP contribution in [0.2, 0.25) is 0 Å². The van der Waals surface area contributed by atoms with Crippen molar-refractivity contribution in [1.29, 1.82) is 0 Å². The first-order valence-corrected chi connectivity index (χ1v) is 28.0. The van der Waals surface area contributed by atoms with Crippen LogP contribution in [0.25, 0.3) is 0 Å². The number of benzene rings is 7. The van der Waals surface area contributed by atoms with Gasteiger partial charge in [-0.2, -0.15) is 0 Å². The zero-order valence-electron chi connectivity index (χ0n) is 44.8. The summed E-state index contributed by atoms with van der Waals surface area (Å²) in [5.74, 6) is 0. The largest absolute Gasteiger partial charge is 0.387 e. The van der Waals surface area contributed by atoms with Gasteiger partial charge in [-0.1, -0.05) is 211 Å². The van der Waals surface area contributed by atoms with Gasteiger partial charge in [-0.15, -0.1) is 5.10 Å². The SMILES string of the molecule is CO[C@H]1O[C@H](COCc2ccccc2Cn2cc(CO[C@@H]3[C@@H](OCc4ccccc4)[C@H](OCc4ccccc4)[C@@H](COCc4ccccc4)O[C@H]3Sc3ccccc3)nn2)[C@@H](O)[C@H](OCc2ccccc2)[C@H]1OCc1ccccc1. The molecule has 1 N–H and O–H groups in total. The molecule has 0 amide bonds. The number of nitrogens with zero attached hydrogens (tertiary/aromatic N) is 3. The Hall–Kier alpha value is -6.41. The van der Waals surface area contributed by atoms with E-state index in [1.54, 1.807) is 23.6 Å². The van der Waals surface area contributed by atoms with Crippen LogP contribution in [0.3, 0.4) is 0 Å². The van der Waals surface area contributed by atoms with Crippen molar-refractivity contribution in [2.45, 2.75) is 118 Å². The minimum atomic E-state index is -1.08. The summed E-state index contributed by atoms with van der Waals surface area (Å²) in [6, 6.07) is 68.2. The smallest absolute Gasteiger partial charge is 0.186 e. The number of aliphatic hydroxyl groups excluding tert-OH is 1. The van der Waals surface area contributed by atoms with Gasteiger partial charge in [0.2, 0.25) is 0 Å². The van der Waals surface area contributed by atoms with E-state index in [9.17, 15) is 5.11 Å². The van der Waals surface area contributed by atoms with Gasteiger partial charge < -0.3 is 52.5 Å². The highest BCUT2D eigenvalue weighted by molar-refractivity contribution is 7.99. The second-order valence-corrected chi connectivity index (χ2v) is 20.9. The third kappa shape index (κ3) is 16.2. The Morgan fingerprint density at radius 2 is 0.900 bits per heavy atom. The molecule has 0 spiro atoms. The van der Waals surface area contributed by atoms with Crippen LogP contribution in [0.4, 0.5) is 0 Å². The molecule has 7 aromatic carbocycles. The lowest BCUT2D eigenvalue weighted by Gasteiger charge is -2.46. The molecule has 80 heavy (non-hydrogen) atoms. The zero-order valence-corrected chi connectivity index (χ0v) is 45.6. The van der Waals surface area contributed by atoms with Crippen molar-refractivity contribution >= 4 is 11.8 Å². The van der Waals surface area contributed by atoms with E-state index in [0.29, 0.717) is 32.1 Å². The molecule has 3 heterocycles. The van der Waals surface area contributed by atoms with Crippen LogP contribution < -0.4 is 0 Å². The van der Waals surface area contributed by atoms with E-state index < -0.39 is 60.6 Å². The third-order valence-corrected chi connectivity index (χ3v) is 15.1. The molecule has 416 valence electrons. The summed E-state index contributed by atoms with van der Waals surface area (Å²) in [6.45, 7) is 2.75. The van der Waals surface area contributed by atoms with Gasteiger partial charge in [0.1, 0.15) is 60.0 Å². The highest BCUT2D eigenvalue weighted by Crippen LogP contribution is 2.39. The van der Waals surface area contributed by atoms with Gasteiger partial charge in [0.25, 0.3) is 0 Å². The first-order valence-electron chi connectivity index (χ1n) is 27.2. The van der Waals surface area contributed by atoms with E-state index >= 15 is 0 Å². The van der Waals surface area contributed by atoms with Crippen molar-refractivity contribution in [2.75, 3.05) is 20.3 Å². The Balaban J connectivity index is 0.827. The number of rotatable bonds is 28. The molecule has 10 rings (SSSR count). The Labute approximate surface area is 472 Å². The average molecular weight is 1100 g/mol. The average Bonchev–Trinajstić information content (AvgIpc) is 3.97. The van der Waals surface area contributed by atoms with E-state index in [-0.39, 0.29) is 39.6 Å². The Morgan fingerprint density at radius 1 is 0.450 bits per heavy atom. The Morgan fingerprint density at radius 3 is 1.46 bits per heavy atom. The van der Waals surface area contributed by atoms with Gasteiger partial charge in [-0.25, -0.2) is 4.68 Å². The fourth-order valence-corrected chi connectivity index (χ4v) is 11.0. The summed E-state index contributed by atoms with van der Waals surface area (Å²) >= 11 is 1.58. The number of aromatic nitrogens is 3. The van der Waals surface area contributed by atoms with Crippen LogP contribution in [0.1, 0.15) is 44.6 Å².